The molecule has 0 saturated heterocycles. The van der Waals surface area contributed by atoms with E-state index in [1.807, 2.05) is 0 Å². The van der Waals surface area contributed by atoms with Crippen molar-refractivity contribution < 1.29 is 35.1 Å². The molecule has 1 heterocycles. The third-order valence-corrected chi connectivity index (χ3v) is 4.74. The first-order valence-corrected chi connectivity index (χ1v) is 9.49. The molecule has 0 unspecified atom stereocenters. The Kier molecular flexibility index (Phi) is 5.80. The van der Waals surface area contributed by atoms with Crippen molar-refractivity contribution in [3.05, 3.63) is 89.5 Å². The van der Waals surface area contributed by atoms with Gasteiger partial charge in [0, 0.05) is 5.56 Å². The van der Waals surface area contributed by atoms with Gasteiger partial charge in [-0.3, -0.25) is 0 Å². The Labute approximate surface area is 186 Å². The highest BCUT2D eigenvalue weighted by Gasteiger charge is 2.33. The van der Waals surface area contributed by atoms with Crippen LogP contribution >= 0.6 is 0 Å². The van der Waals surface area contributed by atoms with Gasteiger partial charge in [0.15, 0.2) is 17.5 Å². The average molecular weight is 481 g/mol. The normalized spacial score (nSPS) is 12.1. The minimum absolute atomic E-state index is 0.200. The Morgan fingerprint density at radius 3 is 1.32 bits per heavy atom. The van der Waals surface area contributed by atoms with Gasteiger partial charge in [0.2, 0.25) is 0 Å². The summed E-state index contributed by atoms with van der Waals surface area (Å²) in [7, 11) is 0. The van der Waals surface area contributed by atoms with Gasteiger partial charge in [0.05, 0.1) is 22.3 Å². The summed E-state index contributed by atoms with van der Waals surface area (Å²) in [5.74, 6) is -3.65. The quantitative estimate of drug-likeness (QED) is 0.291. The van der Waals surface area contributed by atoms with Gasteiger partial charge < -0.3 is 0 Å². The van der Waals surface area contributed by atoms with Crippen LogP contribution in [0.2, 0.25) is 0 Å². The third kappa shape index (κ3) is 4.73. The number of hydrogen-bond donors (Lipinski definition) is 0. The van der Waals surface area contributed by atoms with E-state index in [1.165, 1.54) is 12.1 Å². The lowest BCUT2D eigenvalue weighted by Crippen LogP contribution is -2.08. The largest absolute Gasteiger partial charge is 0.416 e. The molecule has 174 valence electrons. The zero-order valence-electron chi connectivity index (χ0n) is 16.7. The van der Waals surface area contributed by atoms with Crippen LogP contribution in [-0.4, -0.2) is 15.0 Å². The number of halogens is 8. The number of aromatic nitrogens is 3. The van der Waals surface area contributed by atoms with Crippen molar-refractivity contribution >= 4 is 0 Å². The molecule has 0 aliphatic heterocycles. The Bertz CT molecular complexity index is 1270. The Morgan fingerprint density at radius 1 is 0.500 bits per heavy atom. The second kappa shape index (κ2) is 8.47. The lowest BCUT2D eigenvalue weighted by Gasteiger charge is -2.13. The molecule has 0 bridgehead atoms. The van der Waals surface area contributed by atoms with E-state index in [9.17, 15) is 35.1 Å². The first-order chi connectivity index (χ1) is 15.9. The number of nitrogens with zero attached hydrogens (tertiary/aromatic N) is 3. The van der Waals surface area contributed by atoms with Crippen molar-refractivity contribution in [1.82, 2.24) is 15.0 Å². The van der Waals surface area contributed by atoms with Crippen molar-refractivity contribution in [3.63, 3.8) is 0 Å². The summed E-state index contributed by atoms with van der Waals surface area (Å²) in [5, 5.41) is 0. The van der Waals surface area contributed by atoms with Crippen LogP contribution < -0.4 is 0 Å². The fourth-order valence-corrected chi connectivity index (χ4v) is 3.08. The van der Waals surface area contributed by atoms with Crippen LogP contribution in [0.25, 0.3) is 34.2 Å². The molecule has 0 saturated carbocycles. The molecule has 4 rings (SSSR count). The molecule has 0 radical (unpaired) electrons. The van der Waals surface area contributed by atoms with Gasteiger partial charge in [-0.2, -0.15) is 26.3 Å². The van der Waals surface area contributed by atoms with Crippen molar-refractivity contribution in [3.8, 4) is 34.2 Å². The number of alkyl halides is 6. The van der Waals surface area contributed by atoms with E-state index in [4.69, 9.17) is 0 Å². The van der Waals surface area contributed by atoms with Gasteiger partial charge in [-0.1, -0.05) is 30.3 Å². The summed E-state index contributed by atoms with van der Waals surface area (Å²) in [4.78, 5) is 11.9. The maximum atomic E-state index is 14.5. The lowest BCUT2D eigenvalue weighted by atomic mass is 10.1. The van der Waals surface area contributed by atoms with Crippen molar-refractivity contribution in [1.29, 1.82) is 0 Å². The van der Waals surface area contributed by atoms with Gasteiger partial charge in [-0.05, 0) is 36.4 Å². The summed E-state index contributed by atoms with van der Waals surface area (Å²) in [6, 6.07) is 10.9. The minimum atomic E-state index is -4.81. The molecule has 0 amide bonds. The summed E-state index contributed by atoms with van der Waals surface area (Å²) in [6.45, 7) is 0. The Morgan fingerprint density at radius 2 is 0.912 bits per heavy atom. The second-order valence-corrected chi connectivity index (χ2v) is 7.06. The summed E-state index contributed by atoms with van der Waals surface area (Å²) in [5.41, 5.74) is -3.45. The van der Waals surface area contributed by atoms with Crippen LogP contribution in [0.1, 0.15) is 11.1 Å². The molecular formula is C23H11F8N3. The number of hydrogen-bond acceptors (Lipinski definition) is 3. The molecule has 4 aromatic rings. The van der Waals surface area contributed by atoms with Gasteiger partial charge in [0.25, 0.3) is 0 Å². The number of benzene rings is 3. The summed E-state index contributed by atoms with van der Waals surface area (Å²) >= 11 is 0. The highest BCUT2D eigenvalue weighted by Crippen LogP contribution is 2.35. The zero-order chi connectivity index (χ0) is 24.7. The van der Waals surface area contributed by atoms with Crippen molar-refractivity contribution in [2.24, 2.45) is 0 Å². The van der Waals surface area contributed by atoms with Crippen LogP contribution in [0.5, 0.6) is 0 Å². The van der Waals surface area contributed by atoms with Gasteiger partial charge in [-0.25, -0.2) is 23.7 Å². The molecule has 0 fully saturated rings. The maximum absolute atomic E-state index is 14.5. The van der Waals surface area contributed by atoms with E-state index in [1.54, 1.807) is 18.2 Å². The van der Waals surface area contributed by atoms with Crippen LogP contribution in [-0.2, 0) is 12.4 Å². The fourth-order valence-electron chi connectivity index (χ4n) is 3.08. The van der Waals surface area contributed by atoms with E-state index >= 15 is 0 Å². The SMILES string of the molecule is Fc1ccc(C(F)(F)F)cc1-c1nc(-c2ccccc2)nc(-c2cc(C(F)(F)F)ccc2F)n1. The molecule has 1 aromatic heterocycles. The summed E-state index contributed by atoms with van der Waals surface area (Å²) < 4.78 is 108. The lowest BCUT2D eigenvalue weighted by molar-refractivity contribution is -0.138. The molecule has 0 aliphatic rings. The smallest absolute Gasteiger partial charge is 0.208 e. The van der Waals surface area contributed by atoms with Crippen LogP contribution in [0, 0.1) is 11.6 Å². The third-order valence-electron chi connectivity index (χ3n) is 4.74. The molecule has 0 spiro atoms. The molecule has 0 N–H and O–H groups in total. The van der Waals surface area contributed by atoms with Gasteiger partial charge >= 0.3 is 12.4 Å². The van der Waals surface area contributed by atoms with Gasteiger partial charge in [-0.15, -0.1) is 0 Å². The molecule has 11 heteroatoms. The van der Waals surface area contributed by atoms with E-state index in [-0.39, 0.29) is 5.82 Å². The van der Waals surface area contributed by atoms with Crippen LogP contribution in [0.3, 0.4) is 0 Å². The Balaban J connectivity index is 1.99. The zero-order valence-corrected chi connectivity index (χ0v) is 16.7. The molecule has 0 atom stereocenters. The van der Waals surface area contributed by atoms with E-state index in [0.29, 0.717) is 42.0 Å². The molecule has 34 heavy (non-hydrogen) atoms. The monoisotopic (exact) mass is 481 g/mol. The predicted molar refractivity (Wildman–Crippen MR) is 106 cm³/mol. The molecule has 3 nitrogen and oxygen atoms in total. The average Bonchev–Trinajstić information content (AvgIpc) is 2.78. The minimum Gasteiger partial charge on any atom is -0.208 e. The predicted octanol–water partition coefficient (Wildman–Crippen LogP) is 7.19. The van der Waals surface area contributed by atoms with Crippen LogP contribution in [0.15, 0.2) is 66.7 Å². The highest BCUT2D eigenvalue weighted by atomic mass is 19.4. The van der Waals surface area contributed by atoms with Crippen molar-refractivity contribution in [2.45, 2.75) is 12.4 Å². The van der Waals surface area contributed by atoms with E-state index < -0.39 is 57.9 Å². The summed E-state index contributed by atoms with van der Waals surface area (Å²) in [6.07, 6.45) is -9.62. The molecule has 3 aromatic carbocycles. The molecular weight excluding hydrogens is 470 g/mol. The first kappa shape index (κ1) is 23.3. The van der Waals surface area contributed by atoms with E-state index in [0.717, 1.165) is 0 Å². The molecule has 0 aliphatic carbocycles. The van der Waals surface area contributed by atoms with Gasteiger partial charge in [0.1, 0.15) is 11.6 Å². The first-order valence-electron chi connectivity index (χ1n) is 9.49. The highest BCUT2D eigenvalue weighted by molar-refractivity contribution is 5.67. The maximum Gasteiger partial charge on any atom is 0.416 e. The van der Waals surface area contributed by atoms with Crippen molar-refractivity contribution in [2.75, 3.05) is 0 Å². The Hall–Kier alpha value is -3.89. The second-order valence-electron chi connectivity index (χ2n) is 7.06. The van der Waals surface area contributed by atoms with E-state index in [2.05, 4.69) is 15.0 Å². The standard InChI is InChI=1S/C23H11F8N3/c24-17-8-6-13(22(26,27)28)10-15(17)20-32-19(12-4-2-1-3-5-12)33-21(34-20)16-11-14(23(29,30)31)7-9-18(16)25/h1-11H. The van der Waals surface area contributed by atoms with Crippen LogP contribution in [0.4, 0.5) is 35.1 Å². The topological polar surface area (TPSA) is 38.7 Å². The number of rotatable bonds is 3. The fraction of sp³-hybridized carbons (Fsp3) is 0.0870.